The van der Waals surface area contributed by atoms with Crippen molar-refractivity contribution in [3.63, 3.8) is 0 Å². The van der Waals surface area contributed by atoms with Gasteiger partial charge in [-0.15, -0.1) is 0 Å². The highest BCUT2D eigenvalue weighted by atomic mass is 32.1. The van der Waals surface area contributed by atoms with Gasteiger partial charge in [0.2, 0.25) is 4.80 Å². The third kappa shape index (κ3) is 3.26. The molecule has 1 heterocycles. The van der Waals surface area contributed by atoms with Crippen LogP contribution in [0.25, 0.3) is 15.4 Å². The number of hydrogen-bond donors (Lipinski definition) is 1. The van der Waals surface area contributed by atoms with Gasteiger partial charge in [-0.1, -0.05) is 35.6 Å². The molecule has 0 aliphatic heterocycles. The summed E-state index contributed by atoms with van der Waals surface area (Å²) in [6.07, 6.45) is 3.47. The number of aliphatic hydroxyl groups is 1. The molecule has 1 aliphatic carbocycles. The number of aliphatic hydroxyl groups excluding tert-OH is 1. The Morgan fingerprint density at radius 3 is 2.82 bits per heavy atom. The zero-order valence-electron chi connectivity index (χ0n) is 12.4. The Kier molecular flexibility index (Phi) is 4.36. The van der Waals surface area contributed by atoms with Gasteiger partial charge in [-0.25, -0.2) is 9.53 Å². The van der Waals surface area contributed by atoms with E-state index in [2.05, 4.69) is 9.94 Å². The SMILES string of the molecule is [C-]#[N+]c1ccc(-c2nn(C)c(=N[C@@H]3CCC[C@@H](O)C3)s2)cc1. The predicted molar refractivity (Wildman–Crippen MR) is 86.6 cm³/mol. The molecule has 0 amide bonds. The third-order valence-corrected chi connectivity index (χ3v) is 4.92. The van der Waals surface area contributed by atoms with Gasteiger partial charge in [0.25, 0.3) is 0 Å². The van der Waals surface area contributed by atoms with Gasteiger partial charge in [0.05, 0.1) is 18.7 Å². The normalized spacial score (nSPS) is 22.5. The van der Waals surface area contributed by atoms with E-state index >= 15 is 0 Å². The van der Waals surface area contributed by atoms with Gasteiger partial charge >= 0.3 is 0 Å². The van der Waals surface area contributed by atoms with Crippen molar-refractivity contribution in [3.8, 4) is 10.6 Å². The first-order valence-electron chi connectivity index (χ1n) is 7.39. The smallest absolute Gasteiger partial charge is 0.203 e. The van der Waals surface area contributed by atoms with Gasteiger partial charge in [-0.2, -0.15) is 5.10 Å². The minimum absolute atomic E-state index is 0.188. The molecule has 6 heteroatoms. The molecule has 1 aliphatic rings. The lowest BCUT2D eigenvalue weighted by Crippen LogP contribution is -2.25. The Balaban J connectivity index is 1.88. The Hall–Kier alpha value is -1.97. The highest BCUT2D eigenvalue weighted by Gasteiger charge is 2.19. The molecule has 114 valence electrons. The van der Waals surface area contributed by atoms with Crippen LogP contribution in [-0.2, 0) is 7.05 Å². The number of aromatic nitrogens is 2. The Morgan fingerprint density at radius 1 is 1.36 bits per heavy atom. The van der Waals surface area contributed by atoms with Gasteiger partial charge < -0.3 is 5.11 Å². The fourth-order valence-electron chi connectivity index (χ4n) is 2.67. The molecular formula is C16H18N4OS. The lowest BCUT2D eigenvalue weighted by atomic mass is 9.94. The van der Waals surface area contributed by atoms with Crippen LogP contribution in [0.1, 0.15) is 25.7 Å². The maximum Gasteiger partial charge on any atom is 0.203 e. The van der Waals surface area contributed by atoms with Crippen LogP contribution >= 0.6 is 11.3 Å². The second-order valence-electron chi connectivity index (χ2n) is 5.58. The highest BCUT2D eigenvalue weighted by molar-refractivity contribution is 7.12. The summed E-state index contributed by atoms with van der Waals surface area (Å²) in [5, 5.41) is 15.2. The molecule has 5 nitrogen and oxygen atoms in total. The first-order valence-corrected chi connectivity index (χ1v) is 8.21. The molecule has 2 atom stereocenters. The summed E-state index contributed by atoms with van der Waals surface area (Å²) in [5.41, 5.74) is 1.63. The van der Waals surface area contributed by atoms with Gasteiger partial charge in [0.1, 0.15) is 5.01 Å². The molecule has 0 bridgehead atoms. The maximum atomic E-state index is 9.76. The van der Waals surface area contributed by atoms with Gasteiger partial charge in [-0.3, -0.25) is 4.99 Å². The molecular weight excluding hydrogens is 296 g/mol. The molecule has 0 saturated heterocycles. The van der Waals surface area contributed by atoms with Crippen LogP contribution in [0.4, 0.5) is 5.69 Å². The molecule has 0 radical (unpaired) electrons. The molecule has 1 fully saturated rings. The molecule has 1 aromatic heterocycles. The van der Waals surface area contributed by atoms with E-state index in [0.717, 1.165) is 41.1 Å². The van der Waals surface area contributed by atoms with E-state index in [1.54, 1.807) is 28.2 Å². The number of benzene rings is 1. The summed E-state index contributed by atoms with van der Waals surface area (Å²) in [4.78, 5) is 9.03. The zero-order chi connectivity index (χ0) is 15.5. The average Bonchev–Trinajstić information content (AvgIpc) is 2.88. The summed E-state index contributed by atoms with van der Waals surface area (Å²) in [5.74, 6) is 0. The standard InChI is InChI=1S/C16H18N4OS/c1-17-12-8-6-11(7-9-12)15-19-20(2)16(22-15)18-13-4-3-5-14(21)10-13/h6-9,13-14,21H,3-5,10H2,2H3/t13-,14-/m1/s1. The van der Waals surface area contributed by atoms with Crippen LogP contribution in [0.15, 0.2) is 29.3 Å². The van der Waals surface area contributed by atoms with Crippen molar-refractivity contribution in [2.45, 2.75) is 37.8 Å². The van der Waals surface area contributed by atoms with Crippen LogP contribution in [0.2, 0.25) is 0 Å². The molecule has 0 spiro atoms. The van der Waals surface area contributed by atoms with E-state index in [0.29, 0.717) is 5.69 Å². The van der Waals surface area contributed by atoms with Gasteiger partial charge in [0, 0.05) is 12.6 Å². The van der Waals surface area contributed by atoms with E-state index in [-0.39, 0.29) is 12.1 Å². The number of aryl methyl sites for hydroxylation is 1. The molecule has 0 unspecified atom stereocenters. The van der Waals surface area contributed by atoms with Gasteiger partial charge in [0.15, 0.2) is 5.69 Å². The van der Waals surface area contributed by atoms with Gasteiger partial charge in [-0.05, 0) is 25.7 Å². The minimum atomic E-state index is -0.221. The molecule has 2 aromatic rings. The Morgan fingerprint density at radius 2 is 2.14 bits per heavy atom. The first-order chi connectivity index (χ1) is 10.7. The molecule has 1 N–H and O–H groups in total. The second kappa shape index (κ2) is 6.42. The largest absolute Gasteiger partial charge is 0.393 e. The zero-order valence-corrected chi connectivity index (χ0v) is 13.3. The van der Waals surface area contributed by atoms with Crippen molar-refractivity contribution >= 4 is 17.0 Å². The van der Waals surface area contributed by atoms with E-state index in [1.165, 1.54) is 0 Å². The summed E-state index contributed by atoms with van der Waals surface area (Å²) in [6.45, 7) is 6.99. The van der Waals surface area contributed by atoms with Crippen molar-refractivity contribution in [1.82, 2.24) is 9.78 Å². The Bertz CT molecular complexity index is 754. The van der Waals surface area contributed by atoms with E-state index < -0.39 is 0 Å². The van der Waals surface area contributed by atoms with Crippen LogP contribution < -0.4 is 4.80 Å². The topological polar surface area (TPSA) is 54.8 Å². The van der Waals surface area contributed by atoms with Crippen LogP contribution in [-0.4, -0.2) is 27.0 Å². The maximum absolute atomic E-state index is 9.76. The summed E-state index contributed by atoms with van der Waals surface area (Å²) in [6, 6.07) is 7.63. The molecule has 22 heavy (non-hydrogen) atoms. The molecule has 1 saturated carbocycles. The van der Waals surface area contributed by atoms with Crippen molar-refractivity contribution in [3.05, 3.63) is 40.5 Å². The van der Waals surface area contributed by atoms with Crippen molar-refractivity contribution in [2.24, 2.45) is 12.0 Å². The van der Waals surface area contributed by atoms with E-state index in [1.807, 2.05) is 19.2 Å². The molecule has 3 rings (SSSR count). The summed E-state index contributed by atoms with van der Waals surface area (Å²) < 4.78 is 1.80. The van der Waals surface area contributed by atoms with E-state index in [9.17, 15) is 5.11 Å². The number of nitrogens with zero attached hydrogens (tertiary/aromatic N) is 4. The van der Waals surface area contributed by atoms with Crippen molar-refractivity contribution in [1.29, 1.82) is 0 Å². The second-order valence-corrected chi connectivity index (χ2v) is 6.53. The number of rotatable bonds is 2. The molecule has 1 aromatic carbocycles. The van der Waals surface area contributed by atoms with Crippen LogP contribution in [0.3, 0.4) is 0 Å². The quantitative estimate of drug-likeness (QED) is 0.867. The van der Waals surface area contributed by atoms with E-state index in [4.69, 9.17) is 11.6 Å². The highest BCUT2D eigenvalue weighted by Crippen LogP contribution is 2.24. The lowest BCUT2D eigenvalue weighted by Gasteiger charge is -2.22. The summed E-state index contributed by atoms with van der Waals surface area (Å²) >= 11 is 1.55. The average molecular weight is 314 g/mol. The fraction of sp³-hybridized carbons (Fsp3) is 0.438. The number of hydrogen-bond acceptors (Lipinski definition) is 4. The summed E-state index contributed by atoms with van der Waals surface area (Å²) in [7, 11) is 1.89. The fourth-order valence-corrected chi connectivity index (χ4v) is 3.63. The monoisotopic (exact) mass is 314 g/mol. The van der Waals surface area contributed by atoms with Crippen molar-refractivity contribution in [2.75, 3.05) is 0 Å². The van der Waals surface area contributed by atoms with Crippen LogP contribution in [0.5, 0.6) is 0 Å². The third-order valence-electron chi connectivity index (χ3n) is 3.86. The predicted octanol–water partition coefficient (Wildman–Crippen LogP) is 2.90. The van der Waals surface area contributed by atoms with Crippen LogP contribution in [0, 0.1) is 6.57 Å². The lowest BCUT2D eigenvalue weighted by molar-refractivity contribution is 0.120. The minimum Gasteiger partial charge on any atom is -0.393 e. The Labute approximate surface area is 133 Å². The van der Waals surface area contributed by atoms with Crippen molar-refractivity contribution < 1.29 is 5.11 Å². The first kappa shape index (κ1) is 14.9.